The Labute approximate surface area is 150 Å². The van der Waals surface area contributed by atoms with Gasteiger partial charge in [0.1, 0.15) is 5.75 Å². The second kappa shape index (κ2) is 7.18. The van der Waals surface area contributed by atoms with Crippen molar-refractivity contribution in [3.63, 3.8) is 0 Å². The topological polar surface area (TPSA) is 46.6 Å². The highest BCUT2D eigenvalue weighted by atomic mass is 32.2. The number of methoxy groups -OCH3 is 1. The summed E-state index contributed by atoms with van der Waals surface area (Å²) in [5.41, 5.74) is 2.31. The van der Waals surface area contributed by atoms with Gasteiger partial charge in [-0.3, -0.25) is 0 Å². The molecule has 1 aliphatic heterocycles. The van der Waals surface area contributed by atoms with Gasteiger partial charge in [0.25, 0.3) is 0 Å². The normalized spacial score (nSPS) is 18.6. The zero-order chi connectivity index (χ0) is 18.0. The maximum atomic E-state index is 12.9. The van der Waals surface area contributed by atoms with Crippen LogP contribution in [0.2, 0.25) is 0 Å². The third-order valence-corrected chi connectivity index (χ3v) is 6.80. The molecule has 1 aliphatic rings. The number of sulfonamides is 1. The van der Waals surface area contributed by atoms with Gasteiger partial charge in [-0.05, 0) is 53.6 Å². The maximum Gasteiger partial charge on any atom is 0.243 e. The predicted octanol–water partition coefficient (Wildman–Crippen LogP) is 4.00. The van der Waals surface area contributed by atoms with Crippen molar-refractivity contribution in [2.75, 3.05) is 20.2 Å². The van der Waals surface area contributed by atoms with E-state index >= 15 is 0 Å². The Hall–Kier alpha value is -1.85. The van der Waals surface area contributed by atoms with Crippen molar-refractivity contribution in [2.24, 2.45) is 0 Å². The molecule has 134 valence electrons. The third kappa shape index (κ3) is 3.72. The predicted molar refractivity (Wildman–Crippen MR) is 99.6 cm³/mol. The molecule has 1 unspecified atom stereocenters. The highest BCUT2D eigenvalue weighted by molar-refractivity contribution is 7.89. The molecule has 4 nitrogen and oxygen atoms in total. The van der Waals surface area contributed by atoms with E-state index in [2.05, 4.69) is 13.8 Å². The summed E-state index contributed by atoms with van der Waals surface area (Å²) in [6, 6.07) is 15.2. The minimum Gasteiger partial charge on any atom is -0.497 e. The van der Waals surface area contributed by atoms with E-state index in [-0.39, 0.29) is 5.92 Å². The Bertz CT molecular complexity index is 811. The average molecular weight is 359 g/mol. The van der Waals surface area contributed by atoms with Crippen LogP contribution < -0.4 is 4.74 Å². The van der Waals surface area contributed by atoms with Gasteiger partial charge in [0.05, 0.1) is 12.0 Å². The smallest absolute Gasteiger partial charge is 0.243 e. The molecular formula is C20H25NO3S. The van der Waals surface area contributed by atoms with Crippen LogP contribution in [0.15, 0.2) is 53.4 Å². The molecule has 1 saturated heterocycles. The second-order valence-electron chi connectivity index (χ2n) is 6.85. The fourth-order valence-corrected chi connectivity index (χ4v) is 4.77. The highest BCUT2D eigenvalue weighted by Gasteiger charge is 2.33. The zero-order valence-corrected chi connectivity index (χ0v) is 15.8. The molecule has 25 heavy (non-hydrogen) atoms. The standard InChI is InChI=1S/C20H25NO3S/c1-15(2)16-6-10-20(11-7-16)25(22,23)21-13-12-18(14-21)17-4-8-19(24-3)9-5-17/h4-11,15,18H,12-14H2,1-3H3. The van der Waals surface area contributed by atoms with Crippen LogP contribution in [0.4, 0.5) is 0 Å². The lowest BCUT2D eigenvalue weighted by Crippen LogP contribution is -2.28. The number of hydrogen-bond acceptors (Lipinski definition) is 3. The van der Waals surface area contributed by atoms with Crippen LogP contribution in [0.25, 0.3) is 0 Å². The molecule has 0 aliphatic carbocycles. The Morgan fingerprint density at radius 2 is 1.68 bits per heavy atom. The Balaban J connectivity index is 1.75. The largest absolute Gasteiger partial charge is 0.497 e. The van der Waals surface area contributed by atoms with E-state index in [1.165, 1.54) is 0 Å². The van der Waals surface area contributed by atoms with E-state index in [0.29, 0.717) is 23.9 Å². The van der Waals surface area contributed by atoms with Crippen molar-refractivity contribution in [3.05, 3.63) is 59.7 Å². The first-order valence-corrected chi connectivity index (χ1v) is 10.1. The van der Waals surface area contributed by atoms with E-state index in [0.717, 1.165) is 23.3 Å². The summed E-state index contributed by atoms with van der Waals surface area (Å²) < 4.78 is 32.6. The lowest BCUT2D eigenvalue weighted by Gasteiger charge is -2.17. The van der Waals surface area contributed by atoms with E-state index in [1.54, 1.807) is 23.5 Å². The van der Waals surface area contributed by atoms with Gasteiger partial charge in [0.2, 0.25) is 10.0 Å². The average Bonchev–Trinajstić information content (AvgIpc) is 3.13. The molecule has 0 bridgehead atoms. The van der Waals surface area contributed by atoms with E-state index < -0.39 is 10.0 Å². The first kappa shape index (κ1) is 18.0. The molecule has 0 aromatic heterocycles. The van der Waals surface area contributed by atoms with Gasteiger partial charge < -0.3 is 4.74 Å². The van der Waals surface area contributed by atoms with Crippen molar-refractivity contribution in [1.82, 2.24) is 4.31 Å². The summed E-state index contributed by atoms with van der Waals surface area (Å²) in [6.45, 7) is 5.29. The molecule has 2 aromatic carbocycles. The minimum atomic E-state index is -3.43. The molecule has 5 heteroatoms. The van der Waals surface area contributed by atoms with Crippen molar-refractivity contribution in [1.29, 1.82) is 0 Å². The van der Waals surface area contributed by atoms with Gasteiger partial charge in [-0.15, -0.1) is 0 Å². The molecule has 0 spiro atoms. The van der Waals surface area contributed by atoms with Crippen LogP contribution in [0.3, 0.4) is 0 Å². The van der Waals surface area contributed by atoms with Crippen LogP contribution in [0.5, 0.6) is 5.75 Å². The molecule has 1 heterocycles. The fraction of sp³-hybridized carbons (Fsp3) is 0.400. The number of ether oxygens (including phenoxy) is 1. The van der Waals surface area contributed by atoms with Crippen LogP contribution in [-0.2, 0) is 10.0 Å². The van der Waals surface area contributed by atoms with Crippen LogP contribution in [0, 0.1) is 0 Å². The number of nitrogens with zero attached hydrogens (tertiary/aromatic N) is 1. The summed E-state index contributed by atoms with van der Waals surface area (Å²) in [6.07, 6.45) is 0.843. The van der Waals surface area contributed by atoms with Crippen molar-refractivity contribution in [3.8, 4) is 5.75 Å². The van der Waals surface area contributed by atoms with Gasteiger partial charge >= 0.3 is 0 Å². The van der Waals surface area contributed by atoms with Crippen LogP contribution in [-0.4, -0.2) is 32.9 Å². The van der Waals surface area contributed by atoms with Crippen molar-refractivity contribution >= 4 is 10.0 Å². The van der Waals surface area contributed by atoms with Crippen molar-refractivity contribution in [2.45, 2.75) is 37.0 Å². The SMILES string of the molecule is COc1ccc(C2CCN(S(=O)(=O)c3ccc(C(C)C)cc3)C2)cc1. The molecule has 3 rings (SSSR count). The Morgan fingerprint density at radius 3 is 2.24 bits per heavy atom. The van der Waals surface area contributed by atoms with Gasteiger partial charge in [0.15, 0.2) is 0 Å². The van der Waals surface area contributed by atoms with E-state index in [4.69, 9.17) is 4.74 Å². The fourth-order valence-electron chi connectivity index (χ4n) is 3.27. The summed E-state index contributed by atoms with van der Waals surface area (Å²) in [7, 11) is -1.78. The van der Waals surface area contributed by atoms with E-state index in [1.807, 2.05) is 36.4 Å². The quantitative estimate of drug-likeness (QED) is 0.811. The van der Waals surface area contributed by atoms with E-state index in [9.17, 15) is 8.42 Å². The number of rotatable bonds is 5. The van der Waals surface area contributed by atoms with Crippen LogP contribution in [0.1, 0.15) is 43.2 Å². The Kier molecular flexibility index (Phi) is 5.16. The molecule has 1 fully saturated rings. The highest BCUT2D eigenvalue weighted by Crippen LogP contribution is 2.32. The maximum absolute atomic E-state index is 12.9. The van der Waals surface area contributed by atoms with Crippen LogP contribution >= 0.6 is 0 Å². The van der Waals surface area contributed by atoms with Gasteiger partial charge in [-0.2, -0.15) is 4.31 Å². The lowest BCUT2D eigenvalue weighted by atomic mass is 9.99. The first-order chi connectivity index (χ1) is 11.9. The summed E-state index contributed by atoms with van der Waals surface area (Å²) in [5.74, 6) is 1.44. The molecule has 1 atom stereocenters. The van der Waals surface area contributed by atoms with Gasteiger partial charge in [-0.25, -0.2) is 8.42 Å². The summed E-state index contributed by atoms with van der Waals surface area (Å²) in [5, 5.41) is 0. The zero-order valence-electron chi connectivity index (χ0n) is 15.0. The summed E-state index contributed by atoms with van der Waals surface area (Å²) >= 11 is 0. The molecule has 0 radical (unpaired) electrons. The summed E-state index contributed by atoms with van der Waals surface area (Å²) in [4.78, 5) is 0.382. The monoisotopic (exact) mass is 359 g/mol. The molecule has 0 saturated carbocycles. The van der Waals surface area contributed by atoms with Gasteiger partial charge in [0, 0.05) is 13.1 Å². The molecular weight excluding hydrogens is 334 g/mol. The molecule has 2 aromatic rings. The molecule has 0 amide bonds. The second-order valence-corrected chi connectivity index (χ2v) is 8.78. The minimum absolute atomic E-state index is 0.232. The Morgan fingerprint density at radius 1 is 1.04 bits per heavy atom. The number of hydrogen-bond donors (Lipinski definition) is 0. The lowest BCUT2D eigenvalue weighted by molar-refractivity contribution is 0.414. The third-order valence-electron chi connectivity index (χ3n) is 4.92. The first-order valence-electron chi connectivity index (χ1n) is 8.66. The van der Waals surface area contributed by atoms with Crippen molar-refractivity contribution < 1.29 is 13.2 Å². The van der Waals surface area contributed by atoms with Gasteiger partial charge in [-0.1, -0.05) is 38.1 Å². The molecule has 0 N–H and O–H groups in total. The number of benzene rings is 2.